The maximum atomic E-state index is 5.84. The van der Waals surface area contributed by atoms with E-state index < -0.39 is 0 Å². The van der Waals surface area contributed by atoms with Crippen molar-refractivity contribution >= 4 is 27.5 Å². The molecule has 0 atom stereocenters. The molecule has 0 amide bonds. The molecule has 104 valence electrons. The molecule has 0 aromatic carbocycles. The van der Waals surface area contributed by atoms with Crippen molar-refractivity contribution in [3.63, 3.8) is 0 Å². The third-order valence-electron chi connectivity index (χ3n) is 2.65. The second kappa shape index (κ2) is 6.19. The van der Waals surface area contributed by atoms with E-state index in [4.69, 9.17) is 4.74 Å². The first-order valence-electron chi connectivity index (χ1n) is 6.81. The molecule has 0 bridgehead atoms. The van der Waals surface area contributed by atoms with Crippen molar-refractivity contribution < 1.29 is 4.74 Å². The molecule has 0 saturated heterocycles. The Bertz CT molecular complexity index is 551. The quantitative estimate of drug-likeness (QED) is 0.875. The minimum absolute atomic E-state index is 0.483. The highest BCUT2D eigenvalue weighted by molar-refractivity contribution is 7.18. The van der Waals surface area contributed by atoms with Crippen LogP contribution in [0.15, 0.2) is 6.07 Å². The molecule has 2 aromatic heterocycles. The summed E-state index contributed by atoms with van der Waals surface area (Å²) >= 11 is 1.71. The summed E-state index contributed by atoms with van der Waals surface area (Å²) in [6.45, 7) is 9.94. The Hall–Kier alpha value is -1.36. The van der Waals surface area contributed by atoms with Gasteiger partial charge >= 0.3 is 0 Å². The Morgan fingerprint density at radius 3 is 2.74 bits per heavy atom. The Kier molecular flexibility index (Phi) is 4.58. The highest BCUT2D eigenvalue weighted by atomic mass is 32.1. The second-order valence-corrected chi connectivity index (χ2v) is 5.99. The van der Waals surface area contributed by atoms with Crippen LogP contribution >= 0.6 is 11.3 Å². The molecule has 2 aromatic rings. The molecule has 2 heterocycles. The molecule has 5 heteroatoms. The van der Waals surface area contributed by atoms with Gasteiger partial charge in [0.25, 0.3) is 0 Å². The van der Waals surface area contributed by atoms with Crippen LogP contribution in [0.5, 0.6) is 5.88 Å². The van der Waals surface area contributed by atoms with Gasteiger partial charge in [0, 0.05) is 11.4 Å². The van der Waals surface area contributed by atoms with Crippen molar-refractivity contribution in [2.45, 2.75) is 34.1 Å². The van der Waals surface area contributed by atoms with Gasteiger partial charge in [0.05, 0.1) is 12.0 Å². The van der Waals surface area contributed by atoms with Gasteiger partial charge in [0.2, 0.25) is 11.8 Å². The molecule has 19 heavy (non-hydrogen) atoms. The molecular formula is C14H21N3OS. The van der Waals surface area contributed by atoms with Crippen molar-refractivity contribution in [2.24, 2.45) is 5.92 Å². The Morgan fingerprint density at radius 1 is 1.32 bits per heavy atom. The minimum Gasteiger partial charge on any atom is -0.477 e. The molecular weight excluding hydrogens is 258 g/mol. The number of hydrogen-bond acceptors (Lipinski definition) is 5. The number of nitrogens with one attached hydrogen (secondary N) is 1. The molecule has 0 aliphatic rings. The van der Waals surface area contributed by atoms with Crippen LogP contribution < -0.4 is 10.1 Å². The minimum atomic E-state index is 0.483. The third kappa shape index (κ3) is 3.35. The zero-order valence-corrected chi connectivity index (χ0v) is 12.8. The normalized spacial score (nSPS) is 11.2. The van der Waals surface area contributed by atoms with Gasteiger partial charge in [-0.3, -0.25) is 0 Å². The number of aromatic nitrogens is 2. The number of aryl methyl sites for hydroxylation is 1. The van der Waals surface area contributed by atoms with Gasteiger partial charge in [-0.15, -0.1) is 11.3 Å². The Labute approximate surface area is 118 Å². The summed E-state index contributed by atoms with van der Waals surface area (Å²) in [5.41, 5.74) is 0. The van der Waals surface area contributed by atoms with Crippen molar-refractivity contribution in [1.82, 2.24) is 9.97 Å². The van der Waals surface area contributed by atoms with Crippen molar-refractivity contribution in [3.8, 4) is 5.88 Å². The molecule has 0 saturated carbocycles. The van der Waals surface area contributed by atoms with Gasteiger partial charge in [0.1, 0.15) is 4.83 Å². The van der Waals surface area contributed by atoms with E-state index in [-0.39, 0.29) is 0 Å². The van der Waals surface area contributed by atoms with Gasteiger partial charge in [-0.05, 0) is 25.3 Å². The fraction of sp³-hybridized carbons (Fsp3) is 0.571. The predicted octanol–water partition coefficient (Wildman–Crippen LogP) is 3.72. The standard InChI is InChI=1S/C14H21N3OS/c1-5-10-7-11-12(18-8-9(3)4)16-14(15-6-2)17-13(11)19-10/h7,9H,5-6,8H2,1-4H3,(H,15,16,17). The summed E-state index contributed by atoms with van der Waals surface area (Å²) < 4.78 is 5.84. The van der Waals surface area contributed by atoms with Crippen LogP contribution in [0.1, 0.15) is 32.6 Å². The first-order valence-corrected chi connectivity index (χ1v) is 7.62. The maximum Gasteiger partial charge on any atom is 0.227 e. The number of fused-ring (bicyclic) bond motifs is 1. The molecule has 2 rings (SSSR count). The average Bonchev–Trinajstić information content (AvgIpc) is 2.79. The average molecular weight is 279 g/mol. The zero-order chi connectivity index (χ0) is 13.8. The summed E-state index contributed by atoms with van der Waals surface area (Å²) in [5, 5.41) is 4.19. The fourth-order valence-corrected chi connectivity index (χ4v) is 2.67. The summed E-state index contributed by atoms with van der Waals surface area (Å²) in [7, 11) is 0. The highest BCUT2D eigenvalue weighted by Crippen LogP contribution is 2.31. The predicted molar refractivity (Wildman–Crippen MR) is 81.3 cm³/mol. The number of nitrogens with zero attached hydrogens (tertiary/aromatic N) is 2. The molecule has 0 spiro atoms. The number of ether oxygens (including phenoxy) is 1. The van der Waals surface area contributed by atoms with Crippen LogP contribution in [0.25, 0.3) is 10.2 Å². The van der Waals surface area contributed by atoms with Gasteiger partial charge in [-0.25, -0.2) is 4.98 Å². The van der Waals surface area contributed by atoms with Crippen LogP contribution in [0.3, 0.4) is 0 Å². The lowest BCUT2D eigenvalue weighted by atomic mass is 10.2. The van der Waals surface area contributed by atoms with Crippen molar-refractivity contribution in [3.05, 3.63) is 10.9 Å². The summed E-state index contributed by atoms with van der Waals surface area (Å²) in [5.74, 6) is 1.83. The van der Waals surface area contributed by atoms with Gasteiger partial charge in [0.15, 0.2) is 0 Å². The van der Waals surface area contributed by atoms with E-state index in [2.05, 4.69) is 42.1 Å². The van der Waals surface area contributed by atoms with Crippen molar-refractivity contribution in [2.75, 3.05) is 18.5 Å². The molecule has 0 fully saturated rings. The van der Waals surface area contributed by atoms with Crippen molar-refractivity contribution in [1.29, 1.82) is 0 Å². The first-order chi connectivity index (χ1) is 9.13. The number of hydrogen-bond donors (Lipinski definition) is 1. The zero-order valence-electron chi connectivity index (χ0n) is 12.0. The monoisotopic (exact) mass is 279 g/mol. The van der Waals surface area contributed by atoms with E-state index in [1.165, 1.54) is 4.88 Å². The fourth-order valence-electron chi connectivity index (χ4n) is 1.71. The smallest absolute Gasteiger partial charge is 0.227 e. The molecule has 0 radical (unpaired) electrons. The lowest BCUT2D eigenvalue weighted by Crippen LogP contribution is -2.08. The van der Waals surface area contributed by atoms with Crippen LogP contribution in [-0.4, -0.2) is 23.1 Å². The van der Waals surface area contributed by atoms with Crippen LogP contribution in [0.2, 0.25) is 0 Å². The summed E-state index contributed by atoms with van der Waals surface area (Å²) in [6.07, 6.45) is 1.02. The molecule has 0 aliphatic carbocycles. The van der Waals surface area contributed by atoms with E-state index in [1.54, 1.807) is 11.3 Å². The maximum absolute atomic E-state index is 5.84. The van der Waals surface area contributed by atoms with E-state index in [0.717, 1.165) is 23.2 Å². The molecule has 4 nitrogen and oxygen atoms in total. The SMILES string of the molecule is CCNc1nc(OCC(C)C)c2cc(CC)sc2n1. The lowest BCUT2D eigenvalue weighted by molar-refractivity contribution is 0.265. The first kappa shape index (κ1) is 14.1. The number of thiophene rings is 1. The Morgan fingerprint density at radius 2 is 2.11 bits per heavy atom. The van der Waals surface area contributed by atoms with E-state index in [9.17, 15) is 0 Å². The van der Waals surface area contributed by atoms with E-state index in [1.807, 2.05) is 6.92 Å². The van der Waals surface area contributed by atoms with Gasteiger partial charge in [-0.2, -0.15) is 4.98 Å². The highest BCUT2D eigenvalue weighted by Gasteiger charge is 2.12. The summed E-state index contributed by atoms with van der Waals surface area (Å²) in [4.78, 5) is 11.3. The molecule has 1 N–H and O–H groups in total. The van der Waals surface area contributed by atoms with Crippen LogP contribution in [-0.2, 0) is 6.42 Å². The van der Waals surface area contributed by atoms with Crippen LogP contribution in [0, 0.1) is 5.92 Å². The number of anilines is 1. The van der Waals surface area contributed by atoms with Gasteiger partial charge < -0.3 is 10.1 Å². The largest absolute Gasteiger partial charge is 0.477 e. The molecule has 0 unspecified atom stereocenters. The Balaban J connectivity index is 2.41. The third-order valence-corrected chi connectivity index (χ3v) is 3.82. The summed E-state index contributed by atoms with van der Waals surface area (Å²) in [6, 6.07) is 2.14. The lowest BCUT2D eigenvalue weighted by Gasteiger charge is -2.10. The van der Waals surface area contributed by atoms with E-state index >= 15 is 0 Å². The van der Waals surface area contributed by atoms with Gasteiger partial charge in [-0.1, -0.05) is 20.8 Å². The topological polar surface area (TPSA) is 47.0 Å². The van der Waals surface area contributed by atoms with Crippen LogP contribution in [0.4, 0.5) is 5.95 Å². The second-order valence-electron chi connectivity index (χ2n) is 4.87. The molecule has 0 aliphatic heterocycles. The number of rotatable bonds is 6. The van der Waals surface area contributed by atoms with E-state index in [0.29, 0.717) is 24.4 Å².